The Balaban J connectivity index is 1.46. The Hall–Kier alpha value is -3.18. The molecule has 0 aliphatic heterocycles. The first-order valence-electron chi connectivity index (χ1n) is 11.8. The highest BCUT2D eigenvalue weighted by molar-refractivity contribution is 5.86. The van der Waals surface area contributed by atoms with Crippen LogP contribution < -0.4 is 10.1 Å². The number of ether oxygens (including phenoxy) is 1. The Kier molecular flexibility index (Phi) is 6.40. The standard InChI is InChI=1S/C28H30FN3O/c1-33-25-9-5-8-21(14-25)27-16-24(12-13-31-27)32-19-22(26-11-10-23(29)15-28(26)32)18-30-17-20-6-3-2-4-7-20/h5,8-16,19-20,30H,2-4,6-7,17-18H2,1H3. The maximum absolute atomic E-state index is 14.2. The molecule has 170 valence electrons. The van der Waals surface area contributed by atoms with Crippen LogP contribution in [0, 0.1) is 11.7 Å². The molecule has 1 saturated carbocycles. The zero-order chi connectivity index (χ0) is 22.6. The van der Waals surface area contributed by atoms with Crippen LogP contribution in [0.3, 0.4) is 0 Å². The van der Waals surface area contributed by atoms with Crippen molar-refractivity contribution in [2.24, 2.45) is 5.92 Å². The molecule has 1 N–H and O–H groups in total. The van der Waals surface area contributed by atoms with Crippen molar-refractivity contribution in [3.63, 3.8) is 0 Å². The van der Waals surface area contributed by atoms with Gasteiger partial charge in [0.15, 0.2) is 0 Å². The van der Waals surface area contributed by atoms with Crippen molar-refractivity contribution < 1.29 is 9.13 Å². The van der Waals surface area contributed by atoms with Gasteiger partial charge in [0.1, 0.15) is 11.6 Å². The van der Waals surface area contributed by atoms with Gasteiger partial charge in [0.25, 0.3) is 0 Å². The molecular weight excluding hydrogens is 413 g/mol. The lowest BCUT2D eigenvalue weighted by atomic mass is 9.89. The van der Waals surface area contributed by atoms with Crippen molar-refractivity contribution in [2.75, 3.05) is 13.7 Å². The van der Waals surface area contributed by atoms with E-state index in [2.05, 4.69) is 21.1 Å². The number of nitrogens with one attached hydrogen (secondary N) is 1. The molecule has 1 aliphatic rings. The Morgan fingerprint density at radius 1 is 1.06 bits per heavy atom. The van der Waals surface area contributed by atoms with Gasteiger partial charge in [-0.3, -0.25) is 4.98 Å². The average molecular weight is 444 g/mol. The fourth-order valence-corrected chi connectivity index (χ4v) is 4.94. The Morgan fingerprint density at radius 3 is 2.79 bits per heavy atom. The van der Waals surface area contributed by atoms with E-state index < -0.39 is 0 Å². The van der Waals surface area contributed by atoms with Crippen LogP contribution in [0.15, 0.2) is 67.0 Å². The average Bonchev–Trinajstić information content (AvgIpc) is 3.22. The number of nitrogens with zero attached hydrogens (tertiary/aromatic N) is 2. The molecule has 5 rings (SSSR count). The lowest BCUT2D eigenvalue weighted by Gasteiger charge is -2.21. The molecule has 4 aromatic rings. The number of methoxy groups -OCH3 is 1. The number of hydrogen-bond donors (Lipinski definition) is 1. The first kappa shape index (κ1) is 21.7. The molecule has 1 aliphatic carbocycles. The van der Waals surface area contributed by atoms with E-state index in [1.54, 1.807) is 25.4 Å². The van der Waals surface area contributed by atoms with E-state index in [0.29, 0.717) is 0 Å². The van der Waals surface area contributed by atoms with Crippen molar-refractivity contribution in [3.8, 4) is 22.7 Å². The van der Waals surface area contributed by atoms with Crippen LogP contribution in [0.5, 0.6) is 5.75 Å². The van der Waals surface area contributed by atoms with Gasteiger partial charge in [0, 0.05) is 35.6 Å². The number of pyridine rings is 1. The summed E-state index contributed by atoms with van der Waals surface area (Å²) in [6.07, 6.45) is 10.7. The Labute approximate surface area is 194 Å². The maximum Gasteiger partial charge on any atom is 0.125 e. The molecular formula is C28H30FN3O. The van der Waals surface area contributed by atoms with E-state index in [4.69, 9.17) is 4.74 Å². The van der Waals surface area contributed by atoms with Crippen LogP contribution >= 0.6 is 0 Å². The quantitative estimate of drug-likeness (QED) is 0.354. The second kappa shape index (κ2) is 9.75. The molecule has 0 spiro atoms. The van der Waals surface area contributed by atoms with Crippen molar-refractivity contribution in [3.05, 3.63) is 78.4 Å². The summed E-state index contributed by atoms with van der Waals surface area (Å²) in [7, 11) is 1.66. The monoisotopic (exact) mass is 443 g/mol. The van der Waals surface area contributed by atoms with Gasteiger partial charge in [0.2, 0.25) is 0 Å². The van der Waals surface area contributed by atoms with Crippen LogP contribution in [-0.4, -0.2) is 23.2 Å². The molecule has 33 heavy (non-hydrogen) atoms. The summed E-state index contributed by atoms with van der Waals surface area (Å²) in [4.78, 5) is 4.56. The number of aromatic nitrogens is 2. The predicted molar refractivity (Wildman–Crippen MR) is 131 cm³/mol. The second-order valence-electron chi connectivity index (χ2n) is 8.95. The SMILES string of the molecule is COc1cccc(-c2cc(-n3cc(CNCC4CCCCC4)c4ccc(F)cc43)ccn2)c1. The van der Waals surface area contributed by atoms with Gasteiger partial charge in [-0.1, -0.05) is 31.4 Å². The van der Waals surface area contributed by atoms with Gasteiger partial charge in [-0.25, -0.2) is 4.39 Å². The summed E-state index contributed by atoms with van der Waals surface area (Å²) < 4.78 is 21.6. The minimum absolute atomic E-state index is 0.231. The summed E-state index contributed by atoms with van der Waals surface area (Å²) in [6, 6.07) is 16.9. The summed E-state index contributed by atoms with van der Waals surface area (Å²) in [5.74, 6) is 1.33. The van der Waals surface area contributed by atoms with Crippen LogP contribution in [-0.2, 0) is 6.54 Å². The van der Waals surface area contributed by atoms with Gasteiger partial charge < -0.3 is 14.6 Å². The highest BCUT2D eigenvalue weighted by atomic mass is 19.1. The molecule has 0 radical (unpaired) electrons. The molecule has 1 fully saturated rings. The number of benzene rings is 2. The van der Waals surface area contributed by atoms with E-state index in [1.165, 1.54) is 37.7 Å². The number of hydrogen-bond acceptors (Lipinski definition) is 3. The third-order valence-electron chi connectivity index (χ3n) is 6.71. The molecule has 0 bridgehead atoms. The van der Waals surface area contributed by atoms with E-state index in [9.17, 15) is 4.39 Å². The summed E-state index contributed by atoms with van der Waals surface area (Å²) in [6.45, 7) is 1.82. The summed E-state index contributed by atoms with van der Waals surface area (Å²) >= 11 is 0. The largest absolute Gasteiger partial charge is 0.497 e. The topological polar surface area (TPSA) is 39.1 Å². The molecule has 4 nitrogen and oxygen atoms in total. The summed E-state index contributed by atoms with van der Waals surface area (Å²) in [5.41, 5.74) is 4.83. The van der Waals surface area contributed by atoms with Crippen LogP contribution in [0.1, 0.15) is 37.7 Å². The lowest BCUT2D eigenvalue weighted by molar-refractivity contribution is 0.342. The maximum atomic E-state index is 14.2. The van der Waals surface area contributed by atoms with E-state index >= 15 is 0 Å². The van der Waals surface area contributed by atoms with E-state index in [0.717, 1.165) is 52.6 Å². The normalized spacial score (nSPS) is 14.6. The van der Waals surface area contributed by atoms with E-state index in [1.807, 2.05) is 42.5 Å². The summed E-state index contributed by atoms with van der Waals surface area (Å²) in [5, 5.41) is 4.74. The number of rotatable bonds is 7. The van der Waals surface area contributed by atoms with Crippen molar-refractivity contribution in [1.82, 2.24) is 14.9 Å². The second-order valence-corrected chi connectivity index (χ2v) is 8.95. The highest BCUT2D eigenvalue weighted by Gasteiger charge is 2.15. The molecule has 0 unspecified atom stereocenters. The zero-order valence-corrected chi connectivity index (χ0v) is 19.1. The number of fused-ring (bicyclic) bond motifs is 1. The molecule has 0 amide bonds. The smallest absolute Gasteiger partial charge is 0.125 e. The first-order chi connectivity index (χ1) is 16.2. The van der Waals surface area contributed by atoms with Crippen molar-refractivity contribution in [2.45, 2.75) is 38.6 Å². The molecule has 5 heteroatoms. The molecule has 2 aromatic carbocycles. The van der Waals surface area contributed by atoms with Crippen LogP contribution in [0.2, 0.25) is 0 Å². The molecule has 0 atom stereocenters. The van der Waals surface area contributed by atoms with Gasteiger partial charge in [-0.2, -0.15) is 0 Å². The third-order valence-corrected chi connectivity index (χ3v) is 6.71. The highest BCUT2D eigenvalue weighted by Crippen LogP contribution is 2.29. The molecule has 2 aromatic heterocycles. The fourth-order valence-electron chi connectivity index (χ4n) is 4.94. The van der Waals surface area contributed by atoms with Crippen molar-refractivity contribution in [1.29, 1.82) is 0 Å². The molecule has 2 heterocycles. The van der Waals surface area contributed by atoms with Gasteiger partial charge in [-0.15, -0.1) is 0 Å². The Morgan fingerprint density at radius 2 is 1.94 bits per heavy atom. The van der Waals surface area contributed by atoms with Crippen molar-refractivity contribution >= 4 is 10.9 Å². The number of halogens is 1. The minimum Gasteiger partial charge on any atom is -0.497 e. The van der Waals surface area contributed by atoms with Crippen LogP contribution in [0.4, 0.5) is 4.39 Å². The first-order valence-corrected chi connectivity index (χ1v) is 11.8. The predicted octanol–water partition coefficient (Wildman–Crippen LogP) is 6.51. The minimum atomic E-state index is -0.231. The lowest BCUT2D eigenvalue weighted by Crippen LogP contribution is -2.24. The Bertz CT molecular complexity index is 1240. The van der Waals surface area contributed by atoms with Gasteiger partial charge in [0.05, 0.1) is 18.3 Å². The van der Waals surface area contributed by atoms with Gasteiger partial charge >= 0.3 is 0 Å². The zero-order valence-electron chi connectivity index (χ0n) is 19.1. The molecule has 0 saturated heterocycles. The van der Waals surface area contributed by atoms with E-state index in [-0.39, 0.29) is 5.82 Å². The van der Waals surface area contributed by atoms with Crippen LogP contribution in [0.25, 0.3) is 27.8 Å². The third kappa shape index (κ3) is 4.79. The van der Waals surface area contributed by atoms with Gasteiger partial charge in [-0.05, 0) is 73.3 Å². The fraction of sp³-hybridized carbons (Fsp3) is 0.321.